The summed E-state index contributed by atoms with van der Waals surface area (Å²) in [6, 6.07) is 16.0. The third-order valence-electron chi connectivity index (χ3n) is 3.83. The van der Waals surface area contributed by atoms with Gasteiger partial charge >= 0.3 is 0 Å². The van der Waals surface area contributed by atoms with Crippen LogP contribution in [0.25, 0.3) is 0 Å². The van der Waals surface area contributed by atoms with Gasteiger partial charge in [-0.05, 0) is 35.7 Å². The lowest BCUT2D eigenvalue weighted by Gasteiger charge is -2.19. The Morgan fingerprint density at radius 1 is 1.09 bits per heavy atom. The molecule has 0 heterocycles. The number of hydrogen-bond donors (Lipinski definition) is 2. The number of aliphatic hydroxyl groups excluding tert-OH is 1. The SMILES string of the molecule is CCN(Cc1cccc(NCc2ccc(CO)cc2)c1)C(C)=O. The Kier molecular flexibility index (Phi) is 6.18. The smallest absolute Gasteiger partial charge is 0.219 e. The number of carbonyl (C=O) groups excluding carboxylic acids is 1. The number of amides is 1. The van der Waals surface area contributed by atoms with E-state index in [0.717, 1.165) is 28.9 Å². The highest BCUT2D eigenvalue weighted by Gasteiger charge is 2.07. The van der Waals surface area contributed by atoms with Crippen LogP contribution >= 0.6 is 0 Å². The molecule has 1 amide bonds. The van der Waals surface area contributed by atoms with E-state index in [4.69, 9.17) is 5.11 Å². The number of hydrogen-bond acceptors (Lipinski definition) is 3. The van der Waals surface area contributed by atoms with Crippen LogP contribution in [0.4, 0.5) is 5.69 Å². The molecule has 0 aliphatic carbocycles. The van der Waals surface area contributed by atoms with E-state index in [1.807, 2.05) is 54.3 Å². The van der Waals surface area contributed by atoms with Crippen LogP contribution in [0.3, 0.4) is 0 Å². The van der Waals surface area contributed by atoms with Gasteiger partial charge in [-0.25, -0.2) is 0 Å². The van der Waals surface area contributed by atoms with Crippen molar-refractivity contribution in [3.63, 3.8) is 0 Å². The fourth-order valence-electron chi connectivity index (χ4n) is 2.41. The maximum atomic E-state index is 11.5. The summed E-state index contributed by atoms with van der Waals surface area (Å²) in [5, 5.41) is 12.4. The third kappa shape index (κ3) is 5.11. The lowest BCUT2D eigenvalue weighted by atomic mass is 10.1. The van der Waals surface area contributed by atoms with Crippen LogP contribution in [0, 0.1) is 0 Å². The van der Waals surface area contributed by atoms with Crippen molar-refractivity contribution in [3.8, 4) is 0 Å². The number of carbonyl (C=O) groups is 1. The average molecular weight is 312 g/mol. The molecule has 0 saturated heterocycles. The second-order valence-corrected chi connectivity index (χ2v) is 5.56. The normalized spacial score (nSPS) is 10.4. The number of nitrogens with one attached hydrogen (secondary N) is 1. The van der Waals surface area contributed by atoms with Gasteiger partial charge in [0.05, 0.1) is 6.61 Å². The molecule has 4 nitrogen and oxygen atoms in total. The molecule has 0 aliphatic heterocycles. The van der Waals surface area contributed by atoms with Gasteiger partial charge in [0.15, 0.2) is 0 Å². The Balaban J connectivity index is 1.97. The van der Waals surface area contributed by atoms with Crippen LogP contribution in [0.5, 0.6) is 0 Å². The molecule has 2 N–H and O–H groups in total. The molecule has 23 heavy (non-hydrogen) atoms. The molecule has 0 spiro atoms. The van der Waals surface area contributed by atoms with Crippen LogP contribution in [-0.4, -0.2) is 22.5 Å². The Bertz CT molecular complexity index is 638. The van der Waals surface area contributed by atoms with Crippen LogP contribution in [0.15, 0.2) is 48.5 Å². The molecule has 0 aliphatic rings. The zero-order valence-corrected chi connectivity index (χ0v) is 13.7. The maximum absolute atomic E-state index is 11.5. The summed E-state index contributed by atoms with van der Waals surface area (Å²) in [6.45, 7) is 5.72. The molecule has 2 aromatic rings. The van der Waals surface area contributed by atoms with Gasteiger partial charge in [-0.1, -0.05) is 36.4 Å². The van der Waals surface area contributed by atoms with Crippen LogP contribution < -0.4 is 5.32 Å². The maximum Gasteiger partial charge on any atom is 0.219 e. The zero-order valence-electron chi connectivity index (χ0n) is 13.7. The van der Waals surface area contributed by atoms with Crippen molar-refractivity contribution in [3.05, 3.63) is 65.2 Å². The second-order valence-electron chi connectivity index (χ2n) is 5.56. The van der Waals surface area contributed by atoms with E-state index in [1.54, 1.807) is 6.92 Å². The van der Waals surface area contributed by atoms with Gasteiger partial charge in [-0.3, -0.25) is 4.79 Å². The number of nitrogens with zero attached hydrogens (tertiary/aromatic N) is 1. The van der Waals surface area contributed by atoms with Crippen molar-refractivity contribution in [2.24, 2.45) is 0 Å². The highest BCUT2D eigenvalue weighted by molar-refractivity contribution is 5.73. The molecule has 0 unspecified atom stereocenters. The van der Waals surface area contributed by atoms with E-state index < -0.39 is 0 Å². The minimum Gasteiger partial charge on any atom is -0.392 e. The monoisotopic (exact) mass is 312 g/mol. The standard InChI is InChI=1S/C19H24N2O2/c1-3-21(15(2)23)13-18-5-4-6-19(11-18)20-12-16-7-9-17(14-22)10-8-16/h4-11,20,22H,3,12-14H2,1-2H3. The van der Waals surface area contributed by atoms with E-state index in [1.165, 1.54) is 0 Å². The molecule has 0 radical (unpaired) electrons. The zero-order chi connectivity index (χ0) is 16.7. The largest absolute Gasteiger partial charge is 0.392 e. The van der Waals surface area contributed by atoms with Gasteiger partial charge in [0.25, 0.3) is 0 Å². The molecule has 2 rings (SSSR count). The van der Waals surface area contributed by atoms with Crippen molar-refractivity contribution in [2.45, 2.75) is 33.5 Å². The first-order chi connectivity index (χ1) is 11.1. The van der Waals surface area contributed by atoms with Gasteiger partial charge in [-0.2, -0.15) is 0 Å². The molecule has 0 fully saturated rings. The molecular weight excluding hydrogens is 288 g/mol. The number of aliphatic hydroxyl groups is 1. The van der Waals surface area contributed by atoms with Crippen LogP contribution in [-0.2, 0) is 24.5 Å². The van der Waals surface area contributed by atoms with Crippen molar-refractivity contribution in [1.82, 2.24) is 4.90 Å². The van der Waals surface area contributed by atoms with Crippen molar-refractivity contribution < 1.29 is 9.90 Å². The van der Waals surface area contributed by atoms with E-state index in [2.05, 4.69) is 11.4 Å². The Labute approximate surface area is 137 Å². The quantitative estimate of drug-likeness (QED) is 0.826. The first-order valence-electron chi connectivity index (χ1n) is 7.89. The van der Waals surface area contributed by atoms with E-state index in [0.29, 0.717) is 13.1 Å². The van der Waals surface area contributed by atoms with Gasteiger partial charge in [-0.15, -0.1) is 0 Å². The van der Waals surface area contributed by atoms with Crippen LogP contribution in [0.2, 0.25) is 0 Å². The summed E-state index contributed by atoms with van der Waals surface area (Å²) >= 11 is 0. The highest BCUT2D eigenvalue weighted by Crippen LogP contribution is 2.14. The van der Waals surface area contributed by atoms with Gasteiger partial charge < -0.3 is 15.3 Å². The highest BCUT2D eigenvalue weighted by atomic mass is 16.3. The summed E-state index contributed by atoms with van der Waals surface area (Å²) in [6.07, 6.45) is 0. The lowest BCUT2D eigenvalue weighted by molar-refractivity contribution is -0.129. The third-order valence-corrected chi connectivity index (χ3v) is 3.83. The van der Waals surface area contributed by atoms with Crippen LogP contribution in [0.1, 0.15) is 30.5 Å². The van der Waals surface area contributed by atoms with Gasteiger partial charge in [0.2, 0.25) is 5.91 Å². The minimum absolute atomic E-state index is 0.0693. The van der Waals surface area contributed by atoms with Crippen molar-refractivity contribution >= 4 is 11.6 Å². The molecule has 0 saturated carbocycles. The first kappa shape index (κ1) is 17.0. The number of anilines is 1. The molecule has 0 atom stereocenters. The Hall–Kier alpha value is -2.33. The Morgan fingerprint density at radius 2 is 1.78 bits per heavy atom. The first-order valence-corrected chi connectivity index (χ1v) is 7.89. The van der Waals surface area contributed by atoms with Gasteiger partial charge in [0.1, 0.15) is 0 Å². The number of rotatable bonds is 7. The predicted octanol–water partition coefficient (Wildman–Crippen LogP) is 3.16. The fraction of sp³-hybridized carbons (Fsp3) is 0.316. The van der Waals surface area contributed by atoms with E-state index in [-0.39, 0.29) is 12.5 Å². The predicted molar refractivity (Wildman–Crippen MR) is 92.9 cm³/mol. The molecule has 2 aromatic carbocycles. The summed E-state index contributed by atoms with van der Waals surface area (Å²) in [5.41, 5.74) is 4.22. The topological polar surface area (TPSA) is 52.6 Å². The summed E-state index contributed by atoms with van der Waals surface area (Å²) < 4.78 is 0. The molecule has 0 bridgehead atoms. The second kappa shape index (κ2) is 8.34. The summed E-state index contributed by atoms with van der Waals surface area (Å²) in [7, 11) is 0. The molecular formula is C19H24N2O2. The van der Waals surface area contributed by atoms with E-state index in [9.17, 15) is 4.79 Å². The molecule has 0 aromatic heterocycles. The molecule has 4 heteroatoms. The fourth-order valence-corrected chi connectivity index (χ4v) is 2.41. The minimum atomic E-state index is 0.0693. The summed E-state index contributed by atoms with van der Waals surface area (Å²) in [5.74, 6) is 0.0924. The van der Waals surface area contributed by atoms with Crippen molar-refractivity contribution in [2.75, 3.05) is 11.9 Å². The Morgan fingerprint density at radius 3 is 2.39 bits per heavy atom. The van der Waals surface area contributed by atoms with Gasteiger partial charge in [0, 0.05) is 32.2 Å². The summed E-state index contributed by atoms with van der Waals surface area (Å²) in [4.78, 5) is 13.3. The van der Waals surface area contributed by atoms with E-state index >= 15 is 0 Å². The lowest BCUT2D eigenvalue weighted by Crippen LogP contribution is -2.27. The molecule has 122 valence electrons. The average Bonchev–Trinajstić information content (AvgIpc) is 2.58. The van der Waals surface area contributed by atoms with Crippen molar-refractivity contribution in [1.29, 1.82) is 0 Å². The number of benzene rings is 2.